The summed E-state index contributed by atoms with van der Waals surface area (Å²) in [6.07, 6.45) is 3.11. The van der Waals surface area contributed by atoms with Gasteiger partial charge in [0.25, 0.3) is 0 Å². The van der Waals surface area contributed by atoms with Gasteiger partial charge in [0.05, 0.1) is 13.0 Å². The minimum atomic E-state index is -0.142. The van der Waals surface area contributed by atoms with Crippen molar-refractivity contribution in [3.05, 3.63) is 65.7 Å². The number of nitrogens with two attached hydrogens (primary N) is 1. The highest BCUT2D eigenvalue weighted by Crippen LogP contribution is 2.30. The van der Waals surface area contributed by atoms with E-state index in [2.05, 4.69) is 17.0 Å². The van der Waals surface area contributed by atoms with Crippen LogP contribution in [-0.2, 0) is 16.1 Å². The number of benzene rings is 2. The Morgan fingerprint density at radius 3 is 2.14 bits per heavy atom. The largest absolute Gasteiger partial charge is 0.469 e. The second-order valence-corrected chi connectivity index (χ2v) is 9.36. The number of carbonyl (C=O) groups is 2. The molecule has 0 spiro atoms. The number of methoxy groups -OCH3 is 1. The van der Waals surface area contributed by atoms with Crippen LogP contribution in [0, 0.1) is 11.3 Å². The Balaban J connectivity index is 0.00000361. The normalized spacial score (nSPS) is 19.7. The van der Waals surface area contributed by atoms with E-state index < -0.39 is 0 Å². The van der Waals surface area contributed by atoms with Crippen molar-refractivity contribution in [2.24, 2.45) is 11.7 Å². The average Bonchev–Trinajstić information content (AvgIpc) is 2.92. The molecular formula is C27H36ClN5O3. The Labute approximate surface area is 219 Å². The fraction of sp³-hybridized carbons (Fsp3) is 0.444. The number of nitrogen functional groups attached to an aromatic ring is 1. The molecule has 0 radical (unpaired) electrons. The molecule has 2 aromatic rings. The zero-order chi connectivity index (χ0) is 24.8. The highest BCUT2D eigenvalue weighted by Gasteiger charge is 2.34. The van der Waals surface area contributed by atoms with E-state index in [1.807, 2.05) is 52.3 Å². The van der Waals surface area contributed by atoms with E-state index in [0.29, 0.717) is 25.2 Å². The number of rotatable bonds is 6. The molecule has 1 heterocycles. The molecule has 4 rings (SSSR count). The van der Waals surface area contributed by atoms with Crippen LogP contribution < -0.4 is 10.6 Å². The van der Waals surface area contributed by atoms with E-state index in [9.17, 15) is 9.59 Å². The fourth-order valence-corrected chi connectivity index (χ4v) is 5.11. The molecule has 3 N–H and O–H groups in total. The molecule has 1 aliphatic heterocycles. The second-order valence-electron chi connectivity index (χ2n) is 9.36. The van der Waals surface area contributed by atoms with Crippen LogP contribution >= 0.6 is 12.4 Å². The number of piperazine rings is 1. The SMILES string of the molecule is COC(=O)[C@H]1CC[C@H](N(Cc2ccccc2)C(=O)N2CCN(c3ccc(C(=N)N)cc3)CC2)CC1.Cl. The van der Waals surface area contributed by atoms with Crippen molar-refractivity contribution in [3.63, 3.8) is 0 Å². The predicted molar refractivity (Wildman–Crippen MR) is 144 cm³/mol. The van der Waals surface area contributed by atoms with E-state index in [1.165, 1.54) is 7.11 Å². The van der Waals surface area contributed by atoms with Crippen molar-refractivity contribution >= 4 is 35.9 Å². The Bertz CT molecular complexity index is 1020. The van der Waals surface area contributed by atoms with Gasteiger partial charge in [0.2, 0.25) is 0 Å². The van der Waals surface area contributed by atoms with Gasteiger partial charge in [-0.1, -0.05) is 30.3 Å². The maximum atomic E-state index is 13.7. The minimum absolute atomic E-state index is 0. The molecule has 0 atom stereocenters. The first-order chi connectivity index (χ1) is 17.0. The lowest BCUT2D eigenvalue weighted by Gasteiger charge is -2.42. The molecule has 8 nitrogen and oxygen atoms in total. The van der Waals surface area contributed by atoms with Gasteiger partial charge in [0.15, 0.2) is 0 Å². The van der Waals surface area contributed by atoms with E-state index in [1.54, 1.807) is 0 Å². The van der Waals surface area contributed by atoms with E-state index in [0.717, 1.165) is 50.0 Å². The zero-order valence-corrected chi connectivity index (χ0v) is 21.6. The van der Waals surface area contributed by atoms with Crippen LogP contribution in [0.2, 0.25) is 0 Å². The van der Waals surface area contributed by atoms with Crippen LogP contribution in [0.1, 0.15) is 36.8 Å². The van der Waals surface area contributed by atoms with Crippen LogP contribution in [-0.4, -0.2) is 67.0 Å². The van der Waals surface area contributed by atoms with E-state index >= 15 is 0 Å². The summed E-state index contributed by atoms with van der Waals surface area (Å²) in [5, 5.41) is 7.56. The van der Waals surface area contributed by atoms with E-state index in [-0.39, 0.29) is 42.2 Å². The summed E-state index contributed by atoms with van der Waals surface area (Å²) in [5.74, 6) is -0.147. The van der Waals surface area contributed by atoms with Crippen LogP contribution in [0.15, 0.2) is 54.6 Å². The summed E-state index contributed by atoms with van der Waals surface area (Å²) in [5.41, 5.74) is 8.46. The molecular weight excluding hydrogens is 478 g/mol. The summed E-state index contributed by atoms with van der Waals surface area (Å²) in [7, 11) is 1.44. The number of amidine groups is 1. The van der Waals surface area contributed by atoms with Gasteiger partial charge in [-0.15, -0.1) is 12.4 Å². The molecule has 0 unspecified atom stereocenters. The van der Waals surface area contributed by atoms with Crippen molar-refractivity contribution in [1.82, 2.24) is 9.80 Å². The monoisotopic (exact) mass is 513 g/mol. The summed E-state index contributed by atoms with van der Waals surface area (Å²) < 4.78 is 4.94. The molecule has 9 heteroatoms. The molecule has 2 aromatic carbocycles. The molecule has 2 aliphatic rings. The molecule has 194 valence electrons. The van der Waals surface area contributed by atoms with Gasteiger partial charge in [-0.2, -0.15) is 0 Å². The third-order valence-electron chi connectivity index (χ3n) is 7.21. The Hall–Kier alpha value is -3.26. The lowest BCUT2D eigenvalue weighted by molar-refractivity contribution is -0.146. The maximum absolute atomic E-state index is 13.7. The number of halogens is 1. The Morgan fingerprint density at radius 2 is 1.58 bits per heavy atom. The lowest BCUT2D eigenvalue weighted by atomic mass is 9.85. The highest BCUT2D eigenvalue weighted by molar-refractivity contribution is 5.95. The second kappa shape index (κ2) is 12.6. The van der Waals surface area contributed by atoms with Gasteiger partial charge < -0.3 is 25.2 Å². The number of anilines is 1. The van der Waals surface area contributed by atoms with Gasteiger partial charge in [0, 0.05) is 50.0 Å². The van der Waals surface area contributed by atoms with Crippen molar-refractivity contribution in [2.75, 3.05) is 38.2 Å². The summed E-state index contributed by atoms with van der Waals surface area (Å²) in [4.78, 5) is 32.0. The van der Waals surface area contributed by atoms with Gasteiger partial charge >= 0.3 is 12.0 Å². The van der Waals surface area contributed by atoms with Gasteiger partial charge in [-0.3, -0.25) is 10.2 Å². The third-order valence-corrected chi connectivity index (χ3v) is 7.21. The standard InChI is InChI=1S/C27H35N5O3.ClH/c1-35-26(33)22-9-13-24(14-10-22)32(19-20-5-3-2-4-6-20)27(34)31-17-15-30(16-18-31)23-11-7-21(8-12-23)25(28)29;/h2-8,11-12,22,24H,9-10,13-19H2,1H3,(H3,28,29);1H/t22-,24-;. The predicted octanol–water partition coefficient (Wildman–Crippen LogP) is 3.87. The maximum Gasteiger partial charge on any atom is 0.320 e. The third kappa shape index (κ3) is 6.49. The first kappa shape index (κ1) is 27.3. The summed E-state index contributed by atoms with van der Waals surface area (Å²) in [6.45, 7) is 3.37. The molecule has 1 saturated heterocycles. The van der Waals surface area contributed by atoms with Crippen molar-refractivity contribution in [2.45, 2.75) is 38.3 Å². The lowest BCUT2D eigenvalue weighted by Crippen LogP contribution is -2.55. The first-order valence-electron chi connectivity index (χ1n) is 12.3. The minimum Gasteiger partial charge on any atom is -0.469 e. The molecule has 1 saturated carbocycles. The molecule has 2 amide bonds. The number of amides is 2. The van der Waals surface area contributed by atoms with Crippen molar-refractivity contribution < 1.29 is 14.3 Å². The summed E-state index contributed by atoms with van der Waals surface area (Å²) in [6, 6.07) is 18.0. The fourth-order valence-electron chi connectivity index (χ4n) is 5.11. The number of urea groups is 1. The number of esters is 1. The topological polar surface area (TPSA) is 103 Å². The smallest absolute Gasteiger partial charge is 0.320 e. The summed E-state index contributed by atoms with van der Waals surface area (Å²) >= 11 is 0. The highest BCUT2D eigenvalue weighted by atomic mass is 35.5. The molecule has 0 aromatic heterocycles. The quantitative estimate of drug-likeness (QED) is 0.347. The number of hydrogen-bond donors (Lipinski definition) is 2. The van der Waals surface area contributed by atoms with Crippen LogP contribution in [0.3, 0.4) is 0 Å². The van der Waals surface area contributed by atoms with Crippen LogP contribution in [0.25, 0.3) is 0 Å². The Morgan fingerprint density at radius 1 is 0.972 bits per heavy atom. The number of carbonyl (C=O) groups excluding carboxylic acids is 2. The van der Waals surface area contributed by atoms with Crippen molar-refractivity contribution in [1.29, 1.82) is 5.41 Å². The number of nitrogens with one attached hydrogen (secondary N) is 1. The molecule has 2 fully saturated rings. The number of nitrogens with zero attached hydrogens (tertiary/aromatic N) is 3. The number of ether oxygens (including phenoxy) is 1. The molecule has 1 aliphatic carbocycles. The zero-order valence-electron chi connectivity index (χ0n) is 20.8. The van der Waals surface area contributed by atoms with Crippen LogP contribution in [0.4, 0.5) is 10.5 Å². The first-order valence-corrected chi connectivity index (χ1v) is 12.3. The van der Waals surface area contributed by atoms with E-state index in [4.69, 9.17) is 15.9 Å². The Kier molecular flexibility index (Phi) is 9.58. The van der Waals surface area contributed by atoms with Crippen LogP contribution in [0.5, 0.6) is 0 Å². The van der Waals surface area contributed by atoms with Gasteiger partial charge in [0.1, 0.15) is 5.84 Å². The molecule has 0 bridgehead atoms. The molecule has 36 heavy (non-hydrogen) atoms. The van der Waals surface area contributed by atoms with Gasteiger partial charge in [-0.25, -0.2) is 4.79 Å². The number of hydrogen-bond acceptors (Lipinski definition) is 5. The average molecular weight is 514 g/mol. The van der Waals surface area contributed by atoms with Crippen molar-refractivity contribution in [3.8, 4) is 0 Å². The van der Waals surface area contributed by atoms with Gasteiger partial charge in [-0.05, 0) is 55.5 Å².